The molecule has 0 saturated carbocycles. The van der Waals surface area contributed by atoms with E-state index in [1.807, 2.05) is 44.7 Å². The van der Waals surface area contributed by atoms with E-state index in [0.717, 1.165) is 31.6 Å². The number of hydrogen-bond donors (Lipinski definition) is 0. The van der Waals surface area contributed by atoms with E-state index in [1.165, 1.54) is 0 Å². The number of hydrogen-bond acceptors (Lipinski definition) is 4. The number of likely N-dealkylation sites (N-methyl/N-ethyl adjacent to an activating group) is 1. The first-order valence-corrected chi connectivity index (χ1v) is 9.11. The van der Waals surface area contributed by atoms with E-state index in [4.69, 9.17) is 20.9 Å². The number of carbonyl (C=O) groups is 1. The summed E-state index contributed by atoms with van der Waals surface area (Å²) in [6.45, 7) is 11.3. The maximum absolute atomic E-state index is 12.7. The zero-order valence-corrected chi connectivity index (χ0v) is 16.4. The van der Waals surface area contributed by atoms with E-state index in [1.54, 1.807) is 6.07 Å². The van der Waals surface area contributed by atoms with Crippen molar-refractivity contribution in [3.63, 3.8) is 0 Å². The van der Waals surface area contributed by atoms with Gasteiger partial charge in [-0.1, -0.05) is 17.7 Å². The van der Waals surface area contributed by atoms with Crippen LogP contribution in [0.25, 0.3) is 0 Å². The van der Waals surface area contributed by atoms with E-state index >= 15 is 0 Å². The molecule has 7 heteroatoms. The maximum atomic E-state index is 12.7. The molecule has 136 valence electrons. The van der Waals surface area contributed by atoms with Crippen LogP contribution in [0.1, 0.15) is 38.1 Å². The highest BCUT2D eigenvalue weighted by molar-refractivity contribution is 6.65. The second-order valence-corrected chi connectivity index (χ2v) is 8.33. The van der Waals surface area contributed by atoms with E-state index in [2.05, 4.69) is 11.9 Å². The Balaban J connectivity index is 1.77. The Hall–Kier alpha value is -1.08. The van der Waals surface area contributed by atoms with Gasteiger partial charge < -0.3 is 19.1 Å². The first kappa shape index (κ1) is 18.7. The van der Waals surface area contributed by atoms with Gasteiger partial charge in [0.1, 0.15) is 0 Å². The van der Waals surface area contributed by atoms with Crippen LogP contribution in [0.2, 0.25) is 5.02 Å². The highest BCUT2D eigenvalue weighted by Crippen LogP contribution is 2.37. The normalized spacial score (nSPS) is 23.1. The first-order valence-electron chi connectivity index (χ1n) is 8.74. The summed E-state index contributed by atoms with van der Waals surface area (Å²) in [7, 11) is 1.54. The fourth-order valence-electron chi connectivity index (χ4n) is 3.01. The van der Waals surface area contributed by atoms with E-state index < -0.39 is 18.3 Å². The molecule has 2 aliphatic rings. The van der Waals surface area contributed by atoms with Crippen LogP contribution in [-0.4, -0.2) is 67.3 Å². The van der Waals surface area contributed by atoms with Crippen LogP contribution >= 0.6 is 11.6 Å². The highest BCUT2D eigenvalue weighted by atomic mass is 35.5. The number of amides is 1. The van der Waals surface area contributed by atoms with Gasteiger partial charge >= 0.3 is 7.12 Å². The third-order valence-electron chi connectivity index (χ3n) is 5.55. The molecule has 2 aliphatic heterocycles. The molecule has 1 aromatic rings. The molecule has 0 aliphatic carbocycles. The molecule has 0 radical (unpaired) electrons. The van der Waals surface area contributed by atoms with Crippen LogP contribution in [0, 0.1) is 0 Å². The molecule has 25 heavy (non-hydrogen) atoms. The molecule has 0 unspecified atom stereocenters. The van der Waals surface area contributed by atoms with Crippen LogP contribution in [0.4, 0.5) is 0 Å². The summed E-state index contributed by atoms with van der Waals surface area (Å²) in [6, 6.07) is 5.38. The molecule has 2 heterocycles. The molecule has 1 amide bonds. The van der Waals surface area contributed by atoms with Gasteiger partial charge in [0.05, 0.1) is 11.2 Å². The molecule has 0 bridgehead atoms. The largest absolute Gasteiger partial charge is 0.496 e. The van der Waals surface area contributed by atoms with Crippen molar-refractivity contribution >= 4 is 30.1 Å². The second-order valence-electron chi connectivity index (χ2n) is 7.92. The van der Waals surface area contributed by atoms with Crippen LogP contribution in [-0.2, 0) is 9.31 Å². The molecular weight excluding hydrogens is 338 g/mol. The predicted octanol–water partition coefficient (Wildman–Crippen LogP) is 2.03. The summed E-state index contributed by atoms with van der Waals surface area (Å²) < 4.78 is 12.1. The Morgan fingerprint density at radius 3 is 2.16 bits per heavy atom. The van der Waals surface area contributed by atoms with Gasteiger partial charge in [0, 0.05) is 42.2 Å². The van der Waals surface area contributed by atoms with Crippen molar-refractivity contribution in [3.8, 4) is 0 Å². The zero-order chi connectivity index (χ0) is 18.4. The Bertz CT molecular complexity index is 656. The number of halogens is 1. The fraction of sp³-hybridized carbons (Fsp3) is 0.611. The van der Waals surface area contributed by atoms with Gasteiger partial charge in [-0.3, -0.25) is 4.79 Å². The van der Waals surface area contributed by atoms with Crippen molar-refractivity contribution in [2.24, 2.45) is 0 Å². The predicted molar refractivity (Wildman–Crippen MR) is 101 cm³/mol. The van der Waals surface area contributed by atoms with E-state index in [-0.39, 0.29) is 5.91 Å². The van der Waals surface area contributed by atoms with E-state index in [0.29, 0.717) is 10.6 Å². The Kier molecular flexibility index (Phi) is 4.92. The number of rotatable bonds is 2. The van der Waals surface area contributed by atoms with Crippen molar-refractivity contribution in [2.75, 3.05) is 33.2 Å². The average Bonchev–Trinajstić information content (AvgIpc) is 2.75. The Morgan fingerprint density at radius 2 is 1.64 bits per heavy atom. The smallest absolute Gasteiger partial charge is 0.399 e. The van der Waals surface area contributed by atoms with Crippen LogP contribution in [0.15, 0.2) is 18.2 Å². The minimum Gasteiger partial charge on any atom is -0.399 e. The molecule has 2 saturated heterocycles. The summed E-state index contributed by atoms with van der Waals surface area (Å²) in [4.78, 5) is 16.8. The lowest BCUT2D eigenvalue weighted by Crippen LogP contribution is -2.47. The fourth-order valence-corrected chi connectivity index (χ4v) is 3.28. The van der Waals surface area contributed by atoms with Gasteiger partial charge in [-0.2, -0.15) is 0 Å². The van der Waals surface area contributed by atoms with Gasteiger partial charge in [0.25, 0.3) is 5.91 Å². The van der Waals surface area contributed by atoms with Gasteiger partial charge in [-0.25, -0.2) is 0 Å². The Morgan fingerprint density at radius 1 is 1.08 bits per heavy atom. The average molecular weight is 365 g/mol. The lowest BCUT2D eigenvalue weighted by molar-refractivity contribution is 0.00578. The quantitative estimate of drug-likeness (QED) is 0.753. The lowest BCUT2D eigenvalue weighted by Gasteiger charge is -2.32. The second kappa shape index (κ2) is 6.58. The van der Waals surface area contributed by atoms with Crippen molar-refractivity contribution in [1.82, 2.24) is 9.80 Å². The van der Waals surface area contributed by atoms with Crippen molar-refractivity contribution in [1.29, 1.82) is 0 Å². The van der Waals surface area contributed by atoms with Gasteiger partial charge in [-0.05, 0) is 46.9 Å². The van der Waals surface area contributed by atoms with Crippen LogP contribution in [0.5, 0.6) is 0 Å². The molecule has 0 aromatic heterocycles. The Labute approximate surface area is 155 Å². The van der Waals surface area contributed by atoms with Gasteiger partial charge in [0.15, 0.2) is 0 Å². The summed E-state index contributed by atoms with van der Waals surface area (Å²) in [5, 5.41) is 0.499. The summed E-state index contributed by atoms with van der Waals surface area (Å²) in [5.74, 6) is 0.0236. The molecule has 0 N–H and O–H groups in total. The highest BCUT2D eigenvalue weighted by Gasteiger charge is 2.52. The maximum Gasteiger partial charge on any atom is 0.496 e. The third kappa shape index (κ3) is 3.58. The topological polar surface area (TPSA) is 42.0 Å². The molecule has 1 aromatic carbocycles. The molecule has 0 atom stereocenters. The molecule has 5 nitrogen and oxygen atoms in total. The molecule has 3 rings (SSSR count). The number of benzene rings is 1. The lowest BCUT2D eigenvalue weighted by atomic mass is 9.78. The monoisotopic (exact) mass is 364 g/mol. The van der Waals surface area contributed by atoms with Crippen molar-refractivity contribution in [2.45, 2.75) is 38.9 Å². The summed E-state index contributed by atoms with van der Waals surface area (Å²) >= 11 is 6.46. The first-order chi connectivity index (χ1) is 11.6. The van der Waals surface area contributed by atoms with Gasteiger partial charge in [0.2, 0.25) is 0 Å². The zero-order valence-electron chi connectivity index (χ0n) is 15.6. The SMILES string of the molecule is CN1CCN(C(=O)c2ccc(B3OC(C)(C)C(C)(C)O3)c(Cl)c2)CC1. The summed E-state index contributed by atoms with van der Waals surface area (Å²) in [6.07, 6.45) is 0. The van der Waals surface area contributed by atoms with Crippen molar-refractivity contribution in [3.05, 3.63) is 28.8 Å². The molecule has 2 fully saturated rings. The van der Waals surface area contributed by atoms with Gasteiger partial charge in [-0.15, -0.1) is 0 Å². The summed E-state index contributed by atoms with van der Waals surface area (Å²) in [5.41, 5.74) is 0.523. The third-order valence-corrected chi connectivity index (χ3v) is 5.87. The number of carbonyl (C=O) groups excluding carboxylic acids is 1. The minimum absolute atomic E-state index is 0.0236. The van der Waals surface area contributed by atoms with E-state index in [9.17, 15) is 4.79 Å². The molecular formula is C18H26BClN2O3. The minimum atomic E-state index is -0.523. The molecule has 0 spiro atoms. The number of piperazine rings is 1. The number of nitrogens with zero attached hydrogens (tertiary/aromatic N) is 2. The standard InChI is InChI=1S/C18H26BClN2O3/c1-17(2)18(3,4)25-19(24-17)14-7-6-13(12-15(14)20)16(23)22-10-8-21(5)9-11-22/h6-7,12H,8-11H2,1-5H3. The van der Waals surface area contributed by atoms with Crippen LogP contribution < -0.4 is 5.46 Å². The van der Waals surface area contributed by atoms with Crippen molar-refractivity contribution < 1.29 is 14.1 Å². The van der Waals surface area contributed by atoms with Crippen LogP contribution in [0.3, 0.4) is 0 Å².